The van der Waals surface area contributed by atoms with Crippen molar-refractivity contribution in [1.29, 1.82) is 0 Å². The Morgan fingerprint density at radius 2 is 1.63 bits per heavy atom. The maximum atomic E-state index is 12.7. The van der Waals surface area contributed by atoms with Crippen LogP contribution in [0.15, 0.2) is 53.4 Å². The zero-order chi connectivity index (χ0) is 24.2. The molecule has 0 N–H and O–H groups in total. The summed E-state index contributed by atoms with van der Waals surface area (Å²) in [5.41, 5.74) is 2.76. The number of hydrogen-bond donors (Lipinski definition) is 0. The zero-order valence-corrected chi connectivity index (χ0v) is 20.3. The number of ether oxygens (including phenoxy) is 1. The van der Waals surface area contributed by atoms with Crippen LogP contribution < -0.4 is 0 Å². The van der Waals surface area contributed by atoms with Crippen LogP contribution >= 0.6 is 0 Å². The van der Waals surface area contributed by atoms with E-state index < -0.39 is 15.9 Å². The Morgan fingerprint density at radius 1 is 0.914 bits per heavy atom. The first-order valence-electron chi connectivity index (χ1n) is 12.4. The largest absolute Gasteiger partial charge is 0.443 e. The lowest BCUT2D eigenvalue weighted by molar-refractivity contribution is 0.0864. The molecule has 2 fully saturated rings. The molecule has 0 unspecified atom stereocenters. The topological polar surface area (TPSA) is 87.2 Å². The minimum Gasteiger partial charge on any atom is -0.443 e. The first-order valence-corrected chi connectivity index (χ1v) is 13.8. The maximum Gasteiger partial charge on any atom is 0.411 e. The number of sulfonamides is 1. The fourth-order valence-electron chi connectivity index (χ4n) is 6.12. The van der Waals surface area contributed by atoms with Gasteiger partial charge in [-0.1, -0.05) is 36.4 Å². The third-order valence-corrected chi connectivity index (χ3v) is 9.70. The monoisotopic (exact) mass is 495 g/mol. The Bertz CT molecular complexity index is 1270. The lowest BCUT2D eigenvalue weighted by Crippen LogP contribution is -2.46. The molecule has 8 nitrogen and oxygen atoms in total. The number of carbonyl (C=O) groups excluding carboxylic acids is 2. The highest BCUT2D eigenvalue weighted by atomic mass is 32.2. The SMILES string of the molecule is O=C1O[C@H]2Cc3ccccc3[C@H]2N1C1CCN(CCCCN2C(=O)c3ccccc3S2(=O)=O)CC1. The van der Waals surface area contributed by atoms with E-state index >= 15 is 0 Å². The number of benzene rings is 2. The smallest absolute Gasteiger partial charge is 0.411 e. The fraction of sp³-hybridized carbons (Fsp3) is 0.462. The van der Waals surface area contributed by atoms with Crippen LogP contribution in [-0.2, 0) is 21.2 Å². The highest BCUT2D eigenvalue weighted by molar-refractivity contribution is 7.90. The van der Waals surface area contributed by atoms with Crippen LogP contribution in [0, 0.1) is 0 Å². The van der Waals surface area contributed by atoms with Gasteiger partial charge in [0.25, 0.3) is 15.9 Å². The Labute approximate surface area is 205 Å². The van der Waals surface area contributed by atoms with Crippen LogP contribution in [0.2, 0.25) is 0 Å². The van der Waals surface area contributed by atoms with Gasteiger partial charge in [-0.05, 0) is 55.5 Å². The van der Waals surface area contributed by atoms with Crippen molar-refractivity contribution in [2.45, 2.75) is 55.2 Å². The Morgan fingerprint density at radius 3 is 2.43 bits per heavy atom. The Balaban J connectivity index is 1.00. The molecule has 4 aliphatic rings. The molecule has 184 valence electrons. The number of hydrogen-bond acceptors (Lipinski definition) is 6. The average molecular weight is 496 g/mol. The van der Waals surface area contributed by atoms with Crippen LogP contribution in [-0.4, -0.2) is 72.8 Å². The first kappa shape index (κ1) is 22.5. The molecule has 0 aromatic heterocycles. The summed E-state index contributed by atoms with van der Waals surface area (Å²) in [6.07, 6.45) is 3.76. The summed E-state index contributed by atoms with van der Waals surface area (Å²) in [6, 6.07) is 14.9. The molecule has 2 atom stereocenters. The molecule has 3 aliphatic heterocycles. The van der Waals surface area contributed by atoms with Gasteiger partial charge in [-0.15, -0.1) is 0 Å². The standard InChI is InChI=1S/C26H29N3O5S/c30-25-21-9-3-4-10-23(21)35(32,33)28(25)14-6-5-13-27-15-11-19(12-16-27)29-24-20-8-2-1-7-18(20)17-22(24)34-26(29)31/h1-4,7-10,19,22,24H,5-6,11-17H2/t22-,24+/m0/s1. The predicted molar refractivity (Wildman–Crippen MR) is 128 cm³/mol. The molecule has 2 aromatic rings. The van der Waals surface area contributed by atoms with Gasteiger partial charge in [0.1, 0.15) is 11.0 Å². The molecule has 2 saturated heterocycles. The number of nitrogens with zero attached hydrogens (tertiary/aromatic N) is 3. The van der Waals surface area contributed by atoms with E-state index in [9.17, 15) is 18.0 Å². The van der Waals surface area contributed by atoms with Crippen molar-refractivity contribution in [3.63, 3.8) is 0 Å². The van der Waals surface area contributed by atoms with E-state index in [0.717, 1.165) is 49.6 Å². The van der Waals surface area contributed by atoms with E-state index in [2.05, 4.69) is 17.0 Å². The second kappa shape index (κ2) is 8.64. The van der Waals surface area contributed by atoms with Crippen molar-refractivity contribution >= 4 is 22.0 Å². The lowest BCUT2D eigenvalue weighted by atomic mass is 9.99. The number of piperidine rings is 1. The summed E-state index contributed by atoms with van der Waals surface area (Å²) in [4.78, 5) is 29.7. The number of unbranched alkanes of at least 4 members (excludes halogenated alkanes) is 1. The van der Waals surface area contributed by atoms with Gasteiger partial charge in [-0.2, -0.15) is 0 Å². The number of amides is 2. The molecule has 9 heteroatoms. The van der Waals surface area contributed by atoms with Crippen LogP contribution in [0.5, 0.6) is 0 Å². The highest BCUT2D eigenvalue weighted by Gasteiger charge is 2.50. The van der Waals surface area contributed by atoms with Gasteiger partial charge in [0.05, 0.1) is 11.6 Å². The van der Waals surface area contributed by atoms with E-state index in [-0.39, 0.29) is 41.3 Å². The van der Waals surface area contributed by atoms with Gasteiger partial charge in [0.15, 0.2) is 0 Å². The van der Waals surface area contributed by atoms with Crippen LogP contribution in [0.3, 0.4) is 0 Å². The number of rotatable bonds is 6. The molecular formula is C26H29N3O5S. The van der Waals surface area contributed by atoms with E-state index in [1.54, 1.807) is 18.2 Å². The normalized spacial score (nSPS) is 25.5. The van der Waals surface area contributed by atoms with Crippen molar-refractivity contribution in [1.82, 2.24) is 14.1 Å². The van der Waals surface area contributed by atoms with Gasteiger partial charge in [-0.25, -0.2) is 17.5 Å². The lowest BCUT2D eigenvalue weighted by Gasteiger charge is -2.38. The molecule has 0 spiro atoms. The third-order valence-electron chi connectivity index (χ3n) is 7.86. The summed E-state index contributed by atoms with van der Waals surface area (Å²) in [7, 11) is -3.73. The summed E-state index contributed by atoms with van der Waals surface area (Å²) in [5.74, 6) is -0.425. The van der Waals surface area contributed by atoms with Gasteiger partial charge >= 0.3 is 6.09 Å². The molecule has 2 amide bonds. The number of likely N-dealkylation sites (tertiary alicyclic amines) is 1. The average Bonchev–Trinajstić information content (AvgIpc) is 3.44. The van der Waals surface area contributed by atoms with Crippen LogP contribution in [0.25, 0.3) is 0 Å². The second-order valence-corrected chi connectivity index (χ2v) is 11.7. The second-order valence-electron chi connectivity index (χ2n) is 9.84. The molecular weight excluding hydrogens is 466 g/mol. The molecule has 1 aliphatic carbocycles. The Kier molecular flexibility index (Phi) is 5.56. The number of carbonyl (C=O) groups is 2. The van der Waals surface area contributed by atoms with Gasteiger partial charge in [-0.3, -0.25) is 9.69 Å². The van der Waals surface area contributed by atoms with Crippen molar-refractivity contribution in [2.24, 2.45) is 0 Å². The van der Waals surface area contributed by atoms with Gasteiger partial charge in [0.2, 0.25) is 0 Å². The molecule has 3 heterocycles. The van der Waals surface area contributed by atoms with Crippen molar-refractivity contribution in [3.05, 3.63) is 65.2 Å². The third kappa shape index (κ3) is 3.72. The van der Waals surface area contributed by atoms with Gasteiger partial charge < -0.3 is 9.64 Å². The summed E-state index contributed by atoms with van der Waals surface area (Å²) >= 11 is 0. The Hall–Kier alpha value is -2.91. The number of fused-ring (bicyclic) bond motifs is 4. The minimum absolute atomic E-state index is 0.0271. The summed E-state index contributed by atoms with van der Waals surface area (Å²) < 4.78 is 32.1. The van der Waals surface area contributed by atoms with E-state index in [1.165, 1.54) is 17.2 Å². The van der Waals surface area contributed by atoms with Crippen LogP contribution in [0.4, 0.5) is 4.79 Å². The molecule has 35 heavy (non-hydrogen) atoms. The van der Waals surface area contributed by atoms with E-state index in [4.69, 9.17) is 4.74 Å². The van der Waals surface area contributed by atoms with Crippen molar-refractivity contribution in [3.8, 4) is 0 Å². The first-order chi connectivity index (χ1) is 16.9. The molecule has 6 rings (SSSR count). The van der Waals surface area contributed by atoms with Gasteiger partial charge in [0, 0.05) is 32.1 Å². The van der Waals surface area contributed by atoms with Crippen molar-refractivity contribution < 1.29 is 22.7 Å². The minimum atomic E-state index is -3.73. The van der Waals surface area contributed by atoms with Crippen molar-refractivity contribution in [2.75, 3.05) is 26.2 Å². The van der Waals surface area contributed by atoms with E-state index in [0.29, 0.717) is 6.42 Å². The highest BCUT2D eigenvalue weighted by Crippen LogP contribution is 2.44. The van der Waals surface area contributed by atoms with Crippen LogP contribution in [0.1, 0.15) is 53.2 Å². The quantitative estimate of drug-likeness (QED) is 0.572. The molecule has 0 saturated carbocycles. The molecule has 0 radical (unpaired) electrons. The van der Waals surface area contributed by atoms with E-state index in [1.807, 2.05) is 17.0 Å². The zero-order valence-electron chi connectivity index (χ0n) is 19.5. The fourth-order valence-corrected chi connectivity index (χ4v) is 7.72. The molecule has 2 aromatic carbocycles. The summed E-state index contributed by atoms with van der Waals surface area (Å²) in [5, 5.41) is 0. The predicted octanol–water partition coefficient (Wildman–Crippen LogP) is 3.19. The maximum absolute atomic E-state index is 12.7. The molecule has 0 bridgehead atoms. The summed E-state index contributed by atoms with van der Waals surface area (Å²) in [6.45, 7) is 2.83.